The summed E-state index contributed by atoms with van der Waals surface area (Å²) >= 11 is 6.16. The highest BCUT2D eigenvalue weighted by Crippen LogP contribution is 2.37. The van der Waals surface area contributed by atoms with Crippen molar-refractivity contribution < 1.29 is 9.72 Å². The highest BCUT2D eigenvalue weighted by molar-refractivity contribution is 6.30. The van der Waals surface area contributed by atoms with Crippen LogP contribution < -0.4 is 0 Å². The van der Waals surface area contributed by atoms with Gasteiger partial charge in [0.05, 0.1) is 17.4 Å². The lowest BCUT2D eigenvalue weighted by Crippen LogP contribution is -2.41. The van der Waals surface area contributed by atoms with Gasteiger partial charge in [-0.3, -0.25) is 14.9 Å². The van der Waals surface area contributed by atoms with E-state index in [0.29, 0.717) is 18.0 Å². The van der Waals surface area contributed by atoms with Crippen molar-refractivity contribution in [2.45, 2.75) is 25.8 Å². The molecule has 0 radical (unpaired) electrons. The summed E-state index contributed by atoms with van der Waals surface area (Å²) in [6.07, 6.45) is 1.20. The normalized spacial score (nSPS) is 16.8. The first-order valence-electron chi connectivity index (χ1n) is 7.83. The standard InChI is InChI=1S/C18H17ClN2O3/c1-2-9-20-17(22)10-13-3-6-14(19)11-16(13)18(20)12-4-7-15(8-5-12)21(23)24/h3-8,11,18H,2,9-10H2,1H3. The van der Waals surface area contributed by atoms with Crippen LogP contribution in [0.3, 0.4) is 0 Å². The fourth-order valence-corrected chi connectivity index (χ4v) is 3.37. The fraction of sp³-hybridized carbons (Fsp3) is 0.278. The number of hydrogen-bond donors (Lipinski definition) is 0. The minimum absolute atomic E-state index is 0.0363. The largest absolute Gasteiger partial charge is 0.331 e. The Bertz CT molecular complexity index is 789. The number of halogens is 1. The summed E-state index contributed by atoms with van der Waals surface area (Å²) in [4.78, 5) is 24.9. The van der Waals surface area contributed by atoms with E-state index >= 15 is 0 Å². The van der Waals surface area contributed by atoms with Gasteiger partial charge in [0, 0.05) is 23.7 Å². The third-order valence-corrected chi connectivity index (χ3v) is 4.50. The quantitative estimate of drug-likeness (QED) is 0.618. The third kappa shape index (κ3) is 2.99. The zero-order valence-corrected chi connectivity index (χ0v) is 14.0. The minimum Gasteiger partial charge on any atom is -0.331 e. The molecule has 0 saturated heterocycles. The van der Waals surface area contributed by atoms with Gasteiger partial charge in [0.25, 0.3) is 5.69 Å². The number of hydrogen-bond acceptors (Lipinski definition) is 3. The predicted molar refractivity (Wildman–Crippen MR) is 92.1 cm³/mol. The van der Waals surface area contributed by atoms with E-state index < -0.39 is 4.92 Å². The van der Waals surface area contributed by atoms with Crippen molar-refractivity contribution in [2.24, 2.45) is 0 Å². The number of nitro groups is 1. The van der Waals surface area contributed by atoms with Crippen LogP contribution in [0.4, 0.5) is 5.69 Å². The van der Waals surface area contributed by atoms with Crippen LogP contribution in [0.2, 0.25) is 5.02 Å². The Hall–Kier alpha value is -2.40. The molecule has 1 aliphatic heterocycles. The molecule has 0 fully saturated rings. The van der Waals surface area contributed by atoms with Gasteiger partial charge in [-0.15, -0.1) is 0 Å². The van der Waals surface area contributed by atoms with Gasteiger partial charge in [0.15, 0.2) is 0 Å². The number of benzene rings is 2. The van der Waals surface area contributed by atoms with E-state index in [1.165, 1.54) is 12.1 Å². The second kappa shape index (κ2) is 6.61. The number of rotatable bonds is 4. The van der Waals surface area contributed by atoms with Crippen molar-refractivity contribution in [3.8, 4) is 0 Å². The van der Waals surface area contributed by atoms with Crippen molar-refractivity contribution in [2.75, 3.05) is 6.54 Å². The fourth-order valence-electron chi connectivity index (χ4n) is 3.19. The number of carbonyl (C=O) groups excluding carboxylic acids is 1. The minimum atomic E-state index is -0.426. The molecule has 6 heteroatoms. The second-order valence-electron chi connectivity index (χ2n) is 5.86. The molecular weight excluding hydrogens is 328 g/mol. The molecule has 1 atom stereocenters. The van der Waals surface area contributed by atoms with Crippen LogP contribution in [0, 0.1) is 10.1 Å². The van der Waals surface area contributed by atoms with E-state index in [9.17, 15) is 14.9 Å². The number of amides is 1. The van der Waals surface area contributed by atoms with Crippen LogP contribution in [0.1, 0.15) is 36.1 Å². The molecule has 2 aromatic carbocycles. The topological polar surface area (TPSA) is 63.5 Å². The van der Waals surface area contributed by atoms with Crippen LogP contribution in [0.5, 0.6) is 0 Å². The van der Waals surface area contributed by atoms with E-state index in [1.807, 2.05) is 24.0 Å². The van der Waals surface area contributed by atoms with E-state index in [2.05, 4.69) is 0 Å². The van der Waals surface area contributed by atoms with Crippen LogP contribution in [-0.4, -0.2) is 22.3 Å². The first-order valence-corrected chi connectivity index (χ1v) is 8.21. The summed E-state index contributed by atoms with van der Waals surface area (Å²) in [5.41, 5.74) is 2.84. The molecule has 124 valence electrons. The zero-order valence-electron chi connectivity index (χ0n) is 13.2. The lowest BCUT2D eigenvalue weighted by atomic mass is 9.87. The van der Waals surface area contributed by atoms with E-state index in [4.69, 9.17) is 11.6 Å². The zero-order chi connectivity index (χ0) is 17.3. The highest BCUT2D eigenvalue weighted by atomic mass is 35.5. The third-order valence-electron chi connectivity index (χ3n) is 4.26. The average molecular weight is 345 g/mol. The first kappa shape index (κ1) is 16.5. The van der Waals surface area contributed by atoms with Crippen molar-refractivity contribution in [3.05, 3.63) is 74.3 Å². The monoisotopic (exact) mass is 344 g/mol. The van der Waals surface area contributed by atoms with Gasteiger partial charge in [-0.05, 0) is 47.4 Å². The van der Waals surface area contributed by atoms with Crippen molar-refractivity contribution in [1.82, 2.24) is 4.90 Å². The molecule has 3 rings (SSSR count). The van der Waals surface area contributed by atoms with Crippen molar-refractivity contribution >= 4 is 23.2 Å². The lowest BCUT2D eigenvalue weighted by Gasteiger charge is -2.37. The summed E-state index contributed by atoms with van der Waals surface area (Å²) in [7, 11) is 0. The summed E-state index contributed by atoms with van der Waals surface area (Å²) in [6.45, 7) is 2.65. The maximum Gasteiger partial charge on any atom is 0.269 e. The molecule has 2 aromatic rings. The Labute approximate surface area is 145 Å². The molecule has 0 bridgehead atoms. The molecular formula is C18H17ClN2O3. The molecule has 1 unspecified atom stereocenters. The van der Waals surface area contributed by atoms with Crippen LogP contribution in [-0.2, 0) is 11.2 Å². The summed E-state index contributed by atoms with van der Waals surface area (Å²) in [5, 5.41) is 11.5. The van der Waals surface area contributed by atoms with Gasteiger partial charge in [-0.2, -0.15) is 0 Å². The van der Waals surface area contributed by atoms with Crippen molar-refractivity contribution in [3.63, 3.8) is 0 Å². The number of fused-ring (bicyclic) bond motifs is 1. The highest BCUT2D eigenvalue weighted by Gasteiger charge is 2.33. The Kier molecular flexibility index (Phi) is 4.53. The molecule has 0 aliphatic carbocycles. The molecule has 0 aromatic heterocycles. The molecule has 0 N–H and O–H groups in total. The summed E-state index contributed by atoms with van der Waals surface area (Å²) < 4.78 is 0. The van der Waals surface area contributed by atoms with Crippen LogP contribution in [0.15, 0.2) is 42.5 Å². The van der Waals surface area contributed by atoms with Crippen LogP contribution >= 0.6 is 11.6 Å². The lowest BCUT2D eigenvalue weighted by molar-refractivity contribution is -0.384. The van der Waals surface area contributed by atoms with Gasteiger partial charge in [-0.1, -0.05) is 24.6 Å². The SMILES string of the molecule is CCCN1C(=O)Cc2ccc(Cl)cc2C1c1ccc([N+](=O)[O-])cc1. The summed E-state index contributed by atoms with van der Waals surface area (Å²) in [6, 6.07) is 11.7. The van der Waals surface area contributed by atoms with Crippen LogP contribution in [0.25, 0.3) is 0 Å². The van der Waals surface area contributed by atoms with E-state index in [1.54, 1.807) is 18.2 Å². The molecule has 24 heavy (non-hydrogen) atoms. The number of nitrogens with zero attached hydrogens (tertiary/aromatic N) is 2. The number of nitro benzene ring substituents is 1. The molecule has 5 nitrogen and oxygen atoms in total. The Balaban J connectivity index is 2.11. The Morgan fingerprint density at radius 1 is 1.25 bits per heavy atom. The Morgan fingerprint density at radius 2 is 1.96 bits per heavy atom. The Morgan fingerprint density at radius 3 is 2.58 bits per heavy atom. The van der Waals surface area contributed by atoms with Crippen molar-refractivity contribution in [1.29, 1.82) is 0 Å². The molecule has 1 amide bonds. The van der Waals surface area contributed by atoms with Gasteiger partial charge >= 0.3 is 0 Å². The summed E-state index contributed by atoms with van der Waals surface area (Å²) in [5.74, 6) is 0.0648. The molecule has 0 spiro atoms. The van der Waals surface area contributed by atoms with Gasteiger partial charge < -0.3 is 4.90 Å². The molecule has 0 saturated carbocycles. The number of carbonyl (C=O) groups is 1. The maximum absolute atomic E-state index is 12.6. The molecule has 1 aliphatic rings. The first-order chi connectivity index (χ1) is 11.5. The average Bonchev–Trinajstić information content (AvgIpc) is 2.56. The van der Waals surface area contributed by atoms with Gasteiger partial charge in [0.1, 0.15) is 0 Å². The van der Waals surface area contributed by atoms with E-state index in [0.717, 1.165) is 23.1 Å². The van der Waals surface area contributed by atoms with Gasteiger partial charge in [-0.25, -0.2) is 0 Å². The smallest absolute Gasteiger partial charge is 0.269 e. The molecule has 1 heterocycles. The van der Waals surface area contributed by atoms with E-state index in [-0.39, 0.29) is 17.6 Å². The van der Waals surface area contributed by atoms with Gasteiger partial charge in [0.2, 0.25) is 5.91 Å². The second-order valence-corrected chi connectivity index (χ2v) is 6.29. The maximum atomic E-state index is 12.6. The number of non-ortho nitro benzene ring substituents is 1. The predicted octanol–water partition coefficient (Wildman–Crippen LogP) is 4.13.